The molecule has 2 aliphatic carbocycles. The van der Waals surface area contributed by atoms with Crippen molar-refractivity contribution in [3.05, 3.63) is 193 Å². The highest BCUT2D eigenvalue weighted by Gasteiger charge is 2.34. The molecular formula is C84H78N10O10S. The van der Waals surface area contributed by atoms with Crippen molar-refractivity contribution in [3.8, 4) is 91.4 Å². The van der Waals surface area contributed by atoms with Crippen LogP contribution < -0.4 is 14.2 Å². The van der Waals surface area contributed by atoms with Gasteiger partial charge in [-0.15, -0.1) is 0 Å². The fourth-order valence-corrected chi connectivity index (χ4v) is 15.3. The molecule has 4 fully saturated rings. The first-order valence-electron chi connectivity index (χ1n) is 35.7. The number of nitrogens with zero attached hydrogens (tertiary/aromatic N) is 7. The van der Waals surface area contributed by atoms with Crippen molar-refractivity contribution in [2.24, 2.45) is 11.8 Å². The number of rotatable bonds is 13. The van der Waals surface area contributed by atoms with Gasteiger partial charge in [-0.25, -0.2) is 28.2 Å². The predicted molar refractivity (Wildman–Crippen MR) is 402 cm³/mol. The van der Waals surface area contributed by atoms with E-state index in [-0.39, 0.29) is 23.2 Å². The SMILES string of the molecule is CC(C)(C)OC(=O)n1ccc2cc(-c3cc4c(-c5ccc(OC6CCOCC6)c(C#N)c5)ccnc4[nH]3)ccc21.CS(=O)(=O)c1ccc(-c2cc3c(-c4ccc(OC5CCOCC5)c(C#N)c4)ccnc3[nH]2)cc1.N#Cc1cc(-c2ccnc3[nH]c(C4=CC5CCC4C5)cc23)ccc1OC1CCOCC1. The van der Waals surface area contributed by atoms with E-state index in [0.29, 0.717) is 85.1 Å². The summed E-state index contributed by atoms with van der Waals surface area (Å²) in [4.78, 5) is 36.8. The van der Waals surface area contributed by atoms with Crippen LogP contribution in [0.4, 0.5) is 4.79 Å². The number of carbonyl (C=O) groups is 1. The third-order valence-electron chi connectivity index (χ3n) is 20.0. The number of hydrogen-bond acceptors (Lipinski definition) is 16. The molecule has 7 aromatic heterocycles. The summed E-state index contributed by atoms with van der Waals surface area (Å²) >= 11 is 0. The zero-order valence-corrected chi connectivity index (χ0v) is 59.6. The average Bonchev–Trinajstić information content (AvgIpc) is 1.64. The van der Waals surface area contributed by atoms with Gasteiger partial charge in [0.1, 0.15) is 76.3 Å². The van der Waals surface area contributed by atoms with Gasteiger partial charge in [-0.1, -0.05) is 42.5 Å². The Morgan fingerprint density at radius 1 is 0.505 bits per heavy atom. The number of nitrogens with one attached hydrogen (secondary N) is 3. The molecule has 2 unspecified atom stereocenters. The van der Waals surface area contributed by atoms with Gasteiger partial charge in [0.2, 0.25) is 0 Å². The Bertz CT molecular complexity index is 5550. The summed E-state index contributed by atoms with van der Waals surface area (Å²) in [6.45, 7) is 9.69. The summed E-state index contributed by atoms with van der Waals surface area (Å²) < 4.78 is 65.1. The monoisotopic (exact) mass is 1420 g/mol. The van der Waals surface area contributed by atoms with E-state index in [1.54, 1.807) is 42.9 Å². The zero-order valence-electron chi connectivity index (χ0n) is 58.8. The van der Waals surface area contributed by atoms with Crippen molar-refractivity contribution < 1.29 is 46.4 Å². The van der Waals surface area contributed by atoms with Crippen molar-refractivity contribution in [1.82, 2.24) is 34.5 Å². The normalized spacial score (nSPS) is 17.1. The van der Waals surface area contributed by atoms with Crippen LogP contribution in [0.5, 0.6) is 17.2 Å². The lowest BCUT2D eigenvalue weighted by Crippen LogP contribution is -2.26. The number of nitriles is 3. The number of benzene rings is 5. The molecule has 20 nitrogen and oxygen atoms in total. The first-order chi connectivity index (χ1) is 51.0. The van der Waals surface area contributed by atoms with E-state index in [0.717, 1.165) is 139 Å². The van der Waals surface area contributed by atoms with Crippen LogP contribution in [0.1, 0.15) is 101 Å². The minimum atomic E-state index is -3.25. The molecule has 3 aliphatic heterocycles. The molecule has 5 aliphatic rings. The Labute approximate surface area is 608 Å². The molecule has 105 heavy (non-hydrogen) atoms. The quantitative estimate of drug-likeness (QED) is 0.0967. The van der Waals surface area contributed by atoms with Crippen LogP contribution in [0.3, 0.4) is 0 Å². The molecule has 2 bridgehead atoms. The van der Waals surface area contributed by atoms with Crippen molar-refractivity contribution in [2.45, 2.75) is 107 Å². The van der Waals surface area contributed by atoms with Crippen LogP contribution in [-0.2, 0) is 28.8 Å². The molecule has 21 heteroatoms. The maximum atomic E-state index is 12.6. The second-order valence-corrected chi connectivity index (χ2v) is 30.3. The van der Waals surface area contributed by atoms with Gasteiger partial charge in [0.25, 0.3) is 0 Å². The standard InChI is InChI=1S/C32H30N4O4.C26H23N3O4S.C26H25N3O2/c1-32(2,3)40-31(37)36-13-9-22-17-21(4-6-28(22)36)27-18-26-25(8-12-34-30(26)35-27)20-5-7-29(23(16-20)19-33)39-24-10-14-38-15-11-24;1-34(30,31)21-5-2-17(3-6-21)24-15-23-22(8-11-28-26(23)29-24)18-4-7-25(19(14-18)16-27)33-20-9-12-32-13-10-20;27-15-19-13-18(3-4-25(19)31-20-6-9-30-10-7-20)21-5-8-28-26-23(21)14-24(29-26)22-12-16-1-2-17(22)11-16/h4-9,12-13,16-18,24H,10-11,14-15H2,1-3H3,(H,34,35);2-8,11,14-15,20H,9-10,12-13H2,1H3,(H,28,29);3-5,8,12-14,16-17,20H,1-2,6-7,9-11H2,(H,28,29). The molecule has 2 atom stereocenters. The molecule has 0 radical (unpaired) electrons. The van der Waals surface area contributed by atoms with Gasteiger partial charge < -0.3 is 48.1 Å². The Morgan fingerprint density at radius 3 is 1.33 bits per heavy atom. The molecule has 5 aromatic carbocycles. The minimum Gasteiger partial charge on any atom is -0.489 e. The molecule has 3 N–H and O–H groups in total. The highest BCUT2D eigenvalue weighted by Crippen LogP contribution is 2.49. The number of fused-ring (bicyclic) bond motifs is 6. The summed E-state index contributed by atoms with van der Waals surface area (Å²) in [5.74, 6) is 3.29. The zero-order chi connectivity index (χ0) is 72.3. The number of H-pyrrole nitrogens is 3. The Balaban J connectivity index is 0.000000127. The first kappa shape index (κ1) is 69.3. The summed E-state index contributed by atoms with van der Waals surface area (Å²) in [7, 11) is -3.25. The number of sulfone groups is 1. The number of pyridine rings is 3. The smallest absolute Gasteiger partial charge is 0.418 e. The maximum Gasteiger partial charge on any atom is 0.418 e. The van der Waals surface area contributed by atoms with Gasteiger partial charge in [-0.3, -0.25) is 4.57 Å². The van der Waals surface area contributed by atoms with E-state index in [2.05, 4.69) is 66.3 Å². The van der Waals surface area contributed by atoms with Gasteiger partial charge in [0, 0.05) is 108 Å². The molecule has 12 aromatic rings. The Kier molecular flexibility index (Phi) is 19.7. The van der Waals surface area contributed by atoms with Gasteiger partial charge in [0.15, 0.2) is 9.84 Å². The van der Waals surface area contributed by atoms with Gasteiger partial charge in [0.05, 0.1) is 66.7 Å². The van der Waals surface area contributed by atoms with Gasteiger partial charge >= 0.3 is 6.09 Å². The summed E-state index contributed by atoms with van der Waals surface area (Å²) in [6, 6.07) is 51.0. The van der Waals surface area contributed by atoms with E-state index < -0.39 is 21.5 Å². The van der Waals surface area contributed by atoms with Crippen molar-refractivity contribution in [3.63, 3.8) is 0 Å². The van der Waals surface area contributed by atoms with Crippen LogP contribution in [0.2, 0.25) is 0 Å². The number of hydrogen-bond donors (Lipinski definition) is 3. The number of allylic oxidation sites excluding steroid dienone is 2. The molecule has 1 saturated carbocycles. The second kappa shape index (κ2) is 29.8. The third-order valence-corrected chi connectivity index (χ3v) is 21.2. The molecule has 17 rings (SSSR count). The van der Waals surface area contributed by atoms with Crippen LogP contribution in [0.15, 0.2) is 175 Å². The average molecular weight is 1420 g/mol. The fourth-order valence-electron chi connectivity index (χ4n) is 14.7. The first-order valence-corrected chi connectivity index (χ1v) is 37.6. The molecule has 3 saturated heterocycles. The highest BCUT2D eigenvalue weighted by molar-refractivity contribution is 7.90. The second-order valence-electron chi connectivity index (χ2n) is 28.3. The lowest BCUT2D eigenvalue weighted by atomic mass is 9.95. The van der Waals surface area contributed by atoms with Crippen LogP contribution in [-0.4, -0.2) is 119 Å². The third kappa shape index (κ3) is 15.2. The fraction of sp³-hybridized carbons (Fsp3) is 0.298. The van der Waals surface area contributed by atoms with Crippen molar-refractivity contribution in [1.29, 1.82) is 15.8 Å². The van der Waals surface area contributed by atoms with Gasteiger partial charge in [-0.05, 0) is 205 Å². The van der Waals surface area contributed by atoms with Crippen molar-refractivity contribution in [2.75, 3.05) is 45.9 Å². The molecular weight excluding hydrogens is 1340 g/mol. The molecule has 530 valence electrons. The summed E-state index contributed by atoms with van der Waals surface area (Å²) in [5.41, 5.74) is 16.1. The van der Waals surface area contributed by atoms with Crippen LogP contribution in [0, 0.1) is 45.8 Å². The Morgan fingerprint density at radius 2 is 0.924 bits per heavy atom. The molecule has 10 heterocycles. The summed E-state index contributed by atoms with van der Waals surface area (Å²) in [5, 5.41) is 33.3. The minimum absolute atomic E-state index is 0.0562. The van der Waals surface area contributed by atoms with Gasteiger partial charge in [-0.2, -0.15) is 15.8 Å². The number of ether oxygens (including phenoxy) is 7. The number of aromatic amines is 3. The van der Waals surface area contributed by atoms with E-state index in [4.69, 9.17) is 33.2 Å². The maximum absolute atomic E-state index is 12.6. The van der Waals surface area contributed by atoms with E-state index in [1.807, 2.05) is 130 Å². The largest absolute Gasteiger partial charge is 0.489 e. The van der Waals surface area contributed by atoms with Crippen LogP contribution in [0.25, 0.3) is 105 Å². The lowest BCUT2D eigenvalue weighted by Gasteiger charge is -2.23. The van der Waals surface area contributed by atoms with Crippen molar-refractivity contribution >= 4 is 65.5 Å². The predicted octanol–water partition coefficient (Wildman–Crippen LogP) is 17.3. The van der Waals surface area contributed by atoms with E-state index in [9.17, 15) is 29.0 Å². The van der Waals surface area contributed by atoms with E-state index in [1.165, 1.54) is 41.4 Å². The Hall–Kier alpha value is -11.4. The highest BCUT2D eigenvalue weighted by atomic mass is 32.2. The molecule has 0 spiro atoms. The lowest BCUT2D eigenvalue weighted by molar-refractivity contribution is 0.0252. The van der Waals surface area contributed by atoms with Crippen LogP contribution >= 0.6 is 0 Å². The number of carbonyl (C=O) groups excluding carboxylic acids is 1. The summed E-state index contributed by atoms with van der Waals surface area (Å²) in [6.07, 6.45) is 19.4. The number of aromatic nitrogens is 7. The topological polar surface area (TPSA) is 278 Å². The molecule has 0 amide bonds. The van der Waals surface area contributed by atoms with E-state index >= 15 is 0 Å².